The Bertz CT molecular complexity index is 785. The zero-order valence-corrected chi connectivity index (χ0v) is 14.0. The molecule has 2 amide bonds. The number of aryl methyl sites for hydroxylation is 1. The van der Waals surface area contributed by atoms with Gasteiger partial charge in [0.25, 0.3) is 10.0 Å². The number of hydrogen-bond acceptors (Lipinski definition) is 4. The average molecular weight is 333 g/mol. The molecule has 1 aromatic carbocycles. The molecule has 7 heteroatoms. The molecule has 0 aliphatic heterocycles. The summed E-state index contributed by atoms with van der Waals surface area (Å²) in [5.41, 5.74) is 0.751. The first-order chi connectivity index (χ1) is 10.7. The van der Waals surface area contributed by atoms with Crippen LogP contribution in [0.4, 0.5) is 4.79 Å². The number of pyridine rings is 1. The van der Waals surface area contributed by atoms with Crippen LogP contribution in [0.3, 0.4) is 0 Å². The topological polar surface area (TPSA) is 88.2 Å². The van der Waals surface area contributed by atoms with Gasteiger partial charge in [-0.3, -0.25) is 4.98 Å². The fourth-order valence-corrected chi connectivity index (χ4v) is 2.91. The van der Waals surface area contributed by atoms with Gasteiger partial charge in [0.05, 0.1) is 16.1 Å². The van der Waals surface area contributed by atoms with Crippen molar-refractivity contribution < 1.29 is 13.2 Å². The Kier molecular flexibility index (Phi) is 4.70. The number of urea groups is 1. The number of nitrogens with one attached hydrogen (secondary N) is 2. The monoisotopic (exact) mass is 333 g/mol. The zero-order chi connectivity index (χ0) is 17.1. The first-order valence-corrected chi connectivity index (χ1v) is 8.52. The lowest BCUT2D eigenvalue weighted by atomic mass is 10.0. The van der Waals surface area contributed by atoms with Gasteiger partial charge in [0.15, 0.2) is 0 Å². The Morgan fingerprint density at radius 3 is 2.30 bits per heavy atom. The molecule has 0 aliphatic rings. The smallest absolute Gasteiger partial charge is 0.327 e. The standard InChI is InChI=1S/C16H19N3O3S/c1-12-7-9-13(10-8-12)23(21,22)19-15(20)18-16(2,3)14-6-4-5-11-17-14/h4-11H,1-3H3,(H2,18,19,20). The van der Waals surface area contributed by atoms with Crippen LogP contribution in [0, 0.1) is 6.92 Å². The van der Waals surface area contributed by atoms with Crippen LogP contribution in [0.15, 0.2) is 53.6 Å². The van der Waals surface area contributed by atoms with Crippen molar-refractivity contribution >= 4 is 16.1 Å². The molecule has 23 heavy (non-hydrogen) atoms. The normalized spacial score (nSPS) is 11.8. The lowest BCUT2D eigenvalue weighted by Crippen LogP contribution is -2.48. The van der Waals surface area contributed by atoms with E-state index >= 15 is 0 Å². The van der Waals surface area contributed by atoms with E-state index in [1.54, 1.807) is 50.4 Å². The Labute approximate surface area is 136 Å². The molecule has 122 valence electrons. The number of carbonyl (C=O) groups is 1. The second kappa shape index (κ2) is 6.37. The number of sulfonamides is 1. The van der Waals surface area contributed by atoms with E-state index in [0.29, 0.717) is 5.69 Å². The molecule has 0 atom stereocenters. The van der Waals surface area contributed by atoms with E-state index in [0.717, 1.165) is 5.56 Å². The summed E-state index contributed by atoms with van der Waals surface area (Å²) >= 11 is 0. The third-order valence-corrected chi connectivity index (χ3v) is 4.64. The second-order valence-electron chi connectivity index (χ2n) is 5.71. The van der Waals surface area contributed by atoms with Crippen LogP contribution >= 0.6 is 0 Å². The van der Waals surface area contributed by atoms with E-state index in [2.05, 4.69) is 10.3 Å². The van der Waals surface area contributed by atoms with E-state index < -0.39 is 21.6 Å². The number of benzene rings is 1. The number of nitrogens with zero attached hydrogens (tertiary/aromatic N) is 1. The highest BCUT2D eigenvalue weighted by molar-refractivity contribution is 7.90. The summed E-state index contributed by atoms with van der Waals surface area (Å²) in [6.07, 6.45) is 1.61. The molecule has 0 saturated heterocycles. The van der Waals surface area contributed by atoms with Crippen molar-refractivity contribution in [3.05, 3.63) is 59.9 Å². The van der Waals surface area contributed by atoms with Crippen molar-refractivity contribution in [1.29, 1.82) is 0 Å². The highest BCUT2D eigenvalue weighted by atomic mass is 32.2. The van der Waals surface area contributed by atoms with Gasteiger partial charge < -0.3 is 5.32 Å². The first-order valence-electron chi connectivity index (χ1n) is 7.04. The molecule has 1 heterocycles. The summed E-state index contributed by atoms with van der Waals surface area (Å²) in [7, 11) is -3.91. The van der Waals surface area contributed by atoms with Crippen LogP contribution in [-0.2, 0) is 15.6 Å². The zero-order valence-electron chi connectivity index (χ0n) is 13.2. The highest BCUT2D eigenvalue weighted by Crippen LogP contribution is 2.17. The van der Waals surface area contributed by atoms with Crippen LogP contribution < -0.4 is 10.0 Å². The molecule has 0 saturated carbocycles. The van der Waals surface area contributed by atoms with Crippen molar-refractivity contribution in [3.8, 4) is 0 Å². The predicted molar refractivity (Wildman–Crippen MR) is 87.3 cm³/mol. The summed E-state index contributed by atoms with van der Waals surface area (Å²) in [5, 5.41) is 2.62. The molecule has 0 radical (unpaired) electrons. The van der Waals surface area contributed by atoms with Crippen molar-refractivity contribution in [1.82, 2.24) is 15.0 Å². The molecule has 0 bridgehead atoms. The Morgan fingerprint density at radius 1 is 1.09 bits per heavy atom. The van der Waals surface area contributed by atoms with E-state index in [1.165, 1.54) is 12.1 Å². The summed E-state index contributed by atoms with van der Waals surface area (Å²) in [6, 6.07) is 10.8. The third-order valence-electron chi connectivity index (χ3n) is 3.29. The van der Waals surface area contributed by atoms with Crippen molar-refractivity contribution in [2.24, 2.45) is 0 Å². The molecule has 6 nitrogen and oxygen atoms in total. The lowest BCUT2D eigenvalue weighted by Gasteiger charge is -2.25. The molecular weight excluding hydrogens is 314 g/mol. The highest BCUT2D eigenvalue weighted by Gasteiger charge is 2.26. The molecule has 2 rings (SSSR count). The van der Waals surface area contributed by atoms with E-state index in [-0.39, 0.29) is 4.90 Å². The number of aromatic nitrogens is 1. The Hall–Kier alpha value is -2.41. The minimum atomic E-state index is -3.91. The summed E-state index contributed by atoms with van der Waals surface area (Å²) in [5.74, 6) is 0. The maximum absolute atomic E-state index is 12.2. The van der Waals surface area contributed by atoms with Gasteiger partial charge in [-0.05, 0) is 45.0 Å². The number of carbonyl (C=O) groups excluding carboxylic acids is 1. The predicted octanol–water partition coefficient (Wildman–Crippen LogP) is 2.31. The van der Waals surface area contributed by atoms with E-state index in [9.17, 15) is 13.2 Å². The lowest BCUT2D eigenvalue weighted by molar-refractivity contribution is 0.234. The van der Waals surface area contributed by atoms with Gasteiger partial charge in [-0.1, -0.05) is 23.8 Å². The quantitative estimate of drug-likeness (QED) is 0.899. The maximum Gasteiger partial charge on any atom is 0.329 e. The van der Waals surface area contributed by atoms with Gasteiger partial charge in [0.1, 0.15) is 0 Å². The van der Waals surface area contributed by atoms with Gasteiger partial charge in [-0.15, -0.1) is 0 Å². The molecule has 0 aliphatic carbocycles. The van der Waals surface area contributed by atoms with Gasteiger partial charge in [-0.2, -0.15) is 0 Å². The number of amides is 2. The molecule has 0 fully saturated rings. The van der Waals surface area contributed by atoms with Gasteiger partial charge in [0.2, 0.25) is 0 Å². The van der Waals surface area contributed by atoms with Gasteiger partial charge in [0, 0.05) is 6.20 Å². The summed E-state index contributed by atoms with van der Waals surface area (Å²) in [4.78, 5) is 16.3. The Morgan fingerprint density at radius 2 is 1.74 bits per heavy atom. The van der Waals surface area contributed by atoms with Gasteiger partial charge in [-0.25, -0.2) is 17.9 Å². The fourth-order valence-electron chi connectivity index (χ4n) is 2.00. The van der Waals surface area contributed by atoms with Crippen molar-refractivity contribution in [3.63, 3.8) is 0 Å². The third kappa shape index (κ3) is 4.29. The van der Waals surface area contributed by atoms with Crippen LogP contribution in [0.5, 0.6) is 0 Å². The summed E-state index contributed by atoms with van der Waals surface area (Å²) in [6.45, 7) is 5.34. The number of rotatable bonds is 4. The van der Waals surface area contributed by atoms with Crippen molar-refractivity contribution in [2.45, 2.75) is 31.2 Å². The fraction of sp³-hybridized carbons (Fsp3) is 0.250. The second-order valence-corrected chi connectivity index (χ2v) is 7.40. The molecule has 2 aromatic rings. The van der Waals surface area contributed by atoms with E-state index in [1.807, 2.05) is 11.6 Å². The molecule has 0 unspecified atom stereocenters. The molecule has 2 N–H and O–H groups in total. The molecular formula is C16H19N3O3S. The SMILES string of the molecule is Cc1ccc(S(=O)(=O)NC(=O)NC(C)(C)c2ccccn2)cc1. The summed E-state index contributed by atoms with van der Waals surface area (Å²) < 4.78 is 26.4. The van der Waals surface area contributed by atoms with Crippen LogP contribution in [0.25, 0.3) is 0 Å². The van der Waals surface area contributed by atoms with Gasteiger partial charge >= 0.3 is 6.03 Å². The average Bonchev–Trinajstić information content (AvgIpc) is 2.47. The van der Waals surface area contributed by atoms with Crippen LogP contribution in [-0.4, -0.2) is 19.4 Å². The molecule has 0 spiro atoms. The number of hydrogen-bond donors (Lipinski definition) is 2. The van der Waals surface area contributed by atoms with Crippen molar-refractivity contribution in [2.75, 3.05) is 0 Å². The minimum Gasteiger partial charge on any atom is -0.327 e. The van der Waals surface area contributed by atoms with E-state index in [4.69, 9.17) is 0 Å². The van der Waals surface area contributed by atoms with Crippen LogP contribution in [0.1, 0.15) is 25.1 Å². The first kappa shape index (κ1) is 17.0. The van der Waals surface area contributed by atoms with Crippen LogP contribution in [0.2, 0.25) is 0 Å². The molecule has 1 aromatic heterocycles. The largest absolute Gasteiger partial charge is 0.329 e. The Balaban J connectivity index is 2.11. The minimum absolute atomic E-state index is 0.0360. The maximum atomic E-state index is 12.2.